The van der Waals surface area contributed by atoms with Crippen molar-refractivity contribution in [1.82, 2.24) is 20.0 Å². The van der Waals surface area contributed by atoms with Crippen LogP contribution in [0.4, 0.5) is 0 Å². The maximum atomic E-state index is 5.94. The maximum Gasteiger partial charge on any atom is 0.194 e. The van der Waals surface area contributed by atoms with Gasteiger partial charge in [0.15, 0.2) is 5.96 Å². The second-order valence-electron chi connectivity index (χ2n) is 7.12. The lowest BCUT2D eigenvalue weighted by Crippen LogP contribution is -2.48. The standard InChI is InChI=1S/C19H33N5O2.HI/c1-3-20-19(21-9-6-11-25-17-7-4-5-8-17)24-10-12-26-18(15-24)16-13-22-23(2)14-16;/h13-14,17-18H,3-12,15H2,1-2H3,(H,20,21);1H. The molecule has 8 heteroatoms. The molecule has 0 radical (unpaired) electrons. The second-order valence-corrected chi connectivity index (χ2v) is 7.12. The molecule has 2 fully saturated rings. The van der Waals surface area contributed by atoms with E-state index < -0.39 is 0 Å². The van der Waals surface area contributed by atoms with Crippen molar-refractivity contribution in [2.45, 2.75) is 51.2 Å². The first-order chi connectivity index (χ1) is 12.8. The molecular formula is C19H34IN5O2. The summed E-state index contributed by atoms with van der Waals surface area (Å²) in [5, 5.41) is 7.68. The second kappa shape index (κ2) is 11.9. The van der Waals surface area contributed by atoms with Gasteiger partial charge in [0.05, 0.1) is 25.5 Å². The van der Waals surface area contributed by atoms with Gasteiger partial charge in [-0.05, 0) is 26.2 Å². The van der Waals surface area contributed by atoms with Crippen LogP contribution in [0.2, 0.25) is 0 Å². The molecule has 3 rings (SSSR count). The number of morpholine rings is 1. The predicted molar refractivity (Wildman–Crippen MR) is 118 cm³/mol. The van der Waals surface area contributed by atoms with E-state index in [1.54, 1.807) is 0 Å². The number of hydrogen-bond acceptors (Lipinski definition) is 4. The van der Waals surface area contributed by atoms with Gasteiger partial charge in [-0.2, -0.15) is 5.10 Å². The van der Waals surface area contributed by atoms with Crippen LogP contribution in [0.3, 0.4) is 0 Å². The molecule has 154 valence electrons. The quantitative estimate of drug-likeness (QED) is 0.275. The molecule has 0 spiro atoms. The molecule has 1 atom stereocenters. The number of ether oxygens (including phenoxy) is 2. The van der Waals surface area contributed by atoms with E-state index in [1.807, 2.05) is 24.1 Å². The Labute approximate surface area is 179 Å². The van der Waals surface area contributed by atoms with Crippen LogP contribution < -0.4 is 5.32 Å². The zero-order chi connectivity index (χ0) is 18.2. The molecule has 0 bridgehead atoms. The Morgan fingerprint density at radius 3 is 2.93 bits per heavy atom. The fourth-order valence-electron chi connectivity index (χ4n) is 3.63. The summed E-state index contributed by atoms with van der Waals surface area (Å²) in [4.78, 5) is 7.10. The van der Waals surface area contributed by atoms with Crippen molar-refractivity contribution in [3.63, 3.8) is 0 Å². The molecule has 0 amide bonds. The summed E-state index contributed by atoms with van der Waals surface area (Å²) in [6.07, 6.45) is 10.5. The van der Waals surface area contributed by atoms with Gasteiger partial charge in [0.25, 0.3) is 0 Å². The van der Waals surface area contributed by atoms with Gasteiger partial charge in [-0.1, -0.05) is 12.8 Å². The number of halogens is 1. The molecule has 1 unspecified atom stereocenters. The van der Waals surface area contributed by atoms with Gasteiger partial charge in [0.1, 0.15) is 6.10 Å². The summed E-state index contributed by atoms with van der Waals surface area (Å²) >= 11 is 0. The molecule has 1 saturated carbocycles. The molecule has 2 aliphatic rings. The summed E-state index contributed by atoms with van der Waals surface area (Å²) in [6, 6.07) is 0. The van der Waals surface area contributed by atoms with Crippen molar-refractivity contribution in [3.05, 3.63) is 18.0 Å². The van der Waals surface area contributed by atoms with Crippen LogP contribution in [0.1, 0.15) is 50.7 Å². The summed E-state index contributed by atoms with van der Waals surface area (Å²) in [5.41, 5.74) is 1.12. The van der Waals surface area contributed by atoms with E-state index in [1.165, 1.54) is 25.7 Å². The zero-order valence-electron chi connectivity index (χ0n) is 16.6. The van der Waals surface area contributed by atoms with Crippen molar-refractivity contribution < 1.29 is 9.47 Å². The van der Waals surface area contributed by atoms with Crippen LogP contribution in [0.15, 0.2) is 17.4 Å². The number of rotatable bonds is 7. The fraction of sp³-hybridized carbons (Fsp3) is 0.789. The van der Waals surface area contributed by atoms with Crippen LogP contribution in [-0.4, -0.2) is 66.1 Å². The minimum Gasteiger partial charge on any atom is -0.378 e. The Hall–Kier alpha value is -0.870. The molecule has 1 aromatic heterocycles. The van der Waals surface area contributed by atoms with Crippen molar-refractivity contribution in [2.24, 2.45) is 12.0 Å². The summed E-state index contributed by atoms with van der Waals surface area (Å²) < 4.78 is 13.7. The molecule has 7 nitrogen and oxygen atoms in total. The Kier molecular flexibility index (Phi) is 9.84. The van der Waals surface area contributed by atoms with Gasteiger partial charge in [-0.3, -0.25) is 9.67 Å². The van der Waals surface area contributed by atoms with Crippen molar-refractivity contribution in [2.75, 3.05) is 39.4 Å². The molecule has 1 aliphatic heterocycles. The Morgan fingerprint density at radius 1 is 1.41 bits per heavy atom. The first kappa shape index (κ1) is 22.4. The number of aromatic nitrogens is 2. The Morgan fingerprint density at radius 2 is 2.22 bits per heavy atom. The van der Waals surface area contributed by atoms with E-state index in [9.17, 15) is 0 Å². The highest BCUT2D eigenvalue weighted by molar-refractivity contribution is 14.0. The molecule has 1 aromatic rings. The van der Waals surface area contributed by atoms with Crippen molar-refractivity contribution >= 4 is 29.9 Å². The summed E-state index contributed by atoms with van der Waals surface area (Å²) in [6.45, 7) is 6.95. The molecule has 1 aliphatic carbocycles. The minimum atomic E-state index is 0. The highest BCUT2D eigenvalue weighted by atomic mass is 127. The molecule has 1 N–H and O–H groups in total. The number of guanidine groups is 1. The first-order valence-electron chi connectivity index (χ1n) is 10.0. The normalized spacial score (nSPS) is 21.3. The van der Waals surface area contributed by atoms with E-state index in [0.29, 0.717) is 12.7 Å². The number of aliphatic imine (C=N–C) groups is 1. The molecule has 1 saturated heterocycles. The lowest BCUT2D eigenvalue weighted by atomic mass is 10.1. The summed E-state index contributed by atoms with van der Waals surface area (Å²) in [7, 11) is 1.93. The third-order valence-electron chi connectivity index (χ3n) is 5.02. The predicted octanol–water partition coefficient (Wildman–Crippen LogP) is 2.73. The van der Waals surface area contributed by atoms with Crippen molar-refractivity contribution in [1.29, 1.82) is 0 Å². The number of aryl methyl sites for hydroxylation is 1. The molecule has 27 heavy (non-hydrogen) atoms. The topological polar surface area (TPSA) is 63.9 Å². The number of hydrogen-bond donors (Lipinski definition) is 1. The van der Waals surface area contributed by atoms with E-state index in [0.717, 1.165) is 50.7 Å². The van der Waals surface area contributed by atoms with E-state index >= 15 is 0 Å². The van der Waals surface area contributed by atoms with Crippen LogP contribution >= 0.6 is 24.0 Å². The lowest BCUT2D eigenvalue weighted by Gasteiger charge is -2.34. The Balaban J connectivity index is 0.00000261. The lowest BCUT2D eigenvalue weighted by molar-refractivity contribution is -0.00807. The SMILES string of the molecule is CCNC(=NCCCOC1CCCC1)N1CCOC(c2cnn(C)c2)C1.I. The van der Waals surface area contributed by atoms with Crippen molar-refractivity contribution in [3.8, 4) is 0 Å². The molecular weight excluding hydrogens is 457 g/mol. The smallest absolute Gasteiger partial charge is 0.194 e. The average Bonchev–Trinajstić information content (AvgIpc) is 3.32. The molecule has 2 heterocycles. The third kappa shape index (κ3) is 6.90. The zero-order valence-corrected chi connectivity index (χ0v) is 18.9. The third-order valence-corrected chi connectivity index (χ3v) is 5.02. The number of nitrogens with one attached hydrogen (secondary N) is 1. The van der Waals surface area contributed by atoms with Crippen LogP contribution in [0.5, 0.6) is 0 Å². The minimum absolute atomic E-state index is 0. The van der Waals surface area contributed by atoms with Gasteiger partial charge >= 0.3 is 0 Å². The van der Waals surface area contributed by atoms with E-state index in [-0.39, 0.29) is 30.1 Å². The fourth-order valence-corrected chi connectivity index (χ4v) is 3.63. The highest BCUT2D eigenvalue weighted by Gasteiger charge is 2.25. The maximum absolute atomic E-state index is 5.94. The van der Waals surface area contributed by atoms with Gasteiger partial charge in [-0.25, -0.2) is 0 Å². The summed E-state index contributed by atoms with van der Waals surface area (Å²) in [5.74, 6) is 0.977. The monoisotopic (exact) mass is 491 g/mol. The van der Waals surface area contributed by atoms with Gasteiger partial charge in [-0.15, -0.1) is 24.0 Å². The van der Waals surface area contributed by atoms with Gasteiger partial charge < -0.3 is 19.7 Å². The van der Waals surface area contributed by atoms with Crippen LogP contribution in [-0.2, 0) is 16.5 Å². The van der Waals surface area contributed by atoms with Gasteiger partial charge in [0, 0.05) is 45.0 Å². The first-order valence-corrected chi connectivity index (χ1v) is 10.0. The van der Waals surface area contributed by atoms with Crippen LogP contribution in [0, 0.1) is 0 Å². The number of nitrogens with zero attached hydrogens (tertiary/aromatic N) is 4. The van der Waals surface area contributed by atoms with Gasteiger partial charge in [0.2, 0.25) is 0 Å². The van der Waals surface area contributed by atoms with E-state index in [2.05, 4.69) is 22.2 Å². The largest absolute Gasteiger partial charge is 0.378 e. The van der Waals surface area contributed by atoms with Crippen LogP contribution in [0.25, 0.3) is 0 Å². The average molecular weight is 491 g/mol. The highest BCUT2D eigenvalue weighted by Crippen LogP contribution is 2.22. The van der Waals surface area contributed by atoms with E-state index in [4.69, 9.17) is 14.5 Å². The Bertz CT molecular complexity index is 574. The molecule has 0 aromatic carbocycles.